The van der Waals surface area contributed by atoms with E-state index < -0.39 is 0 Å². The maximum atomic E-state index is 11.6. The molecule has 18 heavy (non-hydrogen) atoms. The van der Waals surface area contributed by atoms with Gasteiger partial charge in [0, 0.05) is 26.2 Å². The van der Waals surface area contributed by atoms with E-state index in [0.29, 0.717) is 6.10 Å². The summed E-state index contributed by atoms with van der Waals surface area (Å²) in [7, 11) is 1.44. The third kappa shape index (κ3) is 4.92. The molecule has 1 fully saturated rings. The molecule has 1 N–H and O–H groups in total. The fraction of sp³-hybridized carbons (Fsp3) is 0.923. The molecule has 0 aromatic carbocycles. The number of carbonyl (C=O) groups excluding carboxylic acids is 1. The molecule has 1 saturated heterocycles. The smallest absolute Gasteiger partial charge is 0.324 e. The number of likely N-dealkylation sites (tertiary alicyclic amines) is 1. The van der Waals surface area contributed by atoms with Crippen LogP contribution in [0.1, 0.15) is 26.7 Å². The summed E-state index contributed by atoms with van der Waals surface area (Å²) < 4.78 is 10.4. The van der Waals surface area contributed by atoms with Crippen molar-refractivity contribution in [2.45, 2.75) is 38.8 Å². The quantitative estimate of drug-likeness (QED) is 0.679. The minimum atomic E-state index is -0.219. The van der Waals surface area contributed by atoms with Crippen LogP contribution in [0.2, 0.25) is 0 Å². The largest absolute Gasteiger partial charge is 0.468 e. The van der Waals surface area contributed by atoms with Crippen molar-refractivity contribution in [3.05, 3.63) is 0 Å². The van der Waals surface area contributed by atoms with Gasteiger partial charge in [-0.25, -0.2) is 0 Å². The molecule has 0 amide bonds. The molecule has 0 saturated carbocycles. The first kappa shape index (κ1) is 15.4. The van der Waals surface area contributed by atoms with Crippen LogP contribution in [0.3, 0.4) is 0 Å². The molecule has 106 valence electrons. The van der Waals surface area contributed by atoms with Gasteiger partial charge in [0.15, 0.2) is 0 Å². The lowest BCUT2D eigenvalue weighted by molar-refractivity contribution is -0.143. The number of nitrogens with one attached hydrogen (secondary N) is 1. The minimum absolute atomic E-state index is 0.177. The Morgan fingerprint density at radius 3 is 2.56 bits per heavy atom. The highest BCUT2D eigenvalue weighted by Gasteiger charge is 2.25. The molecule has 1 rings (SSSR count). The second-order valence-electron chi connectivity index (χ2n) is 4.59. The second-order valence-corrected chi connectivity index (χ2v) is 4.59. The highest BCUT2D eigenvalue weighted by atomic mass is 16.5. The van der Waals surface area contributed by atoms with Crippen molar-refractivity contribution < 1.29 is 14.3 Å². The zero-order valence-electron chi connectivity index (χ0n) is 11.8. The Bertz CT molecular complexity index is 240. The minimum Gasteiger partial charge on any atom is -0.468 e. The summed E-state index contributed by atoms with van der Waals surface area (Å²) in [4.78, 5) is 13.9. The first-order chi connectivity index (χ1) is 8.71. The molecule has 1 heterocycles. The van der Waals surface area contributed by atoms with E-state index in [1.54, 1.807) is 0 Å². The molecule has 1 atom stereocenters. The molecular formula is C13H26N2O3. The summed E-state index contributed by atoms with van der Waals surface area (Å²) in [5.41, 5.74) is 0. The summed E-state index contributed by atoms with van der Waals surface area (Å²) >= 11 is 0. The average molecular weight is 258 g/mol. The molecule has 1 aliphatic heterocycles. The Morgan fingerprint density at radius 2 is 2.06 bits per heavy atom. The van der Waals surface area contributed by atoms with Crippen LogP contribution < -0.4 is 5.32 Å². The van der Waals surface area contributed by atoms with Gasteiger partial charge in [0.2, 0.25) is 0 Å². The second kappa shape index (κ2) is 8.45. The molecule has 5 nitrogen and oxygen atoms in total. The number of hydrogen-bond donors (Lipinski definition) is 1. The first-order valence-corrected chi connectivity index (χ1v) is 6.86. The Morgan fingerprint density at radius 1 is 1.39 bits per heavy atom. The molecule has 0 aromatic rings. The van der Waals surface area contributed by atoms with E-state index in [2.05, 4.69) is 10.2 Å². The van der Waals surface area contributed by atoms with Crippen molar-refractivity contribution in [1.29, 1.82) is 0 Å². The van der Waals surface area contributed by atoms with Crippen LogP contribution >= 0.6 is 0 Å². The van der Waals surface area contributed by atoms with Crippen molar-refractivity contribution in [3.8, 4) is 0 Å². The Kier molecular flexibility index (Phi) is 7.23. The summed E-state index contributed by atoms with van der Waals surface area (Å²) in [6.07, 6.45) is 2.49. The van der Waals surface area contributed by atoms with Gasteiger partial charge in [-0.1, -0.05) is 6.92 Å². The Balaban J connectivity index is 2.35. The number of carbonyl (C=O) groups is 1. The maximum Gasteiger partial charge on any atom is 0.324 e. The normalized spacial score (nSPS) is 19.7. The zero-order chi connectivity index (χ0) is 13.4. The van der Waals surface area contributed by atoms with E-state index in [-0.39, 0.29) is 12.0 Å². The van der Waals surface area contributed by atoms with Crippen molar-refractivity contribution >= 4 is 5.97 Å². The van der Waals surface area contributed by atoms with Crippen LogP contribution in [0.15, 0.2) is 0 Å². The Hall–Kier alpha value is -0.650. The lowest BCUT2D eigenvalue weighted by Gasteiger charge is -2.33. The van der Waals surface area contributed by atoms with E-state index in [1.807, 2.05) is 13.8 Å². The lowest BCUT2D eigenvalue weighted by Crippen LogP contribution is -2.49. The number of likely N-dealkylation sites (N-methyl/N-ethyl adjacent to an activating group) is 1. The van der Waals surface area contributed by atoms with Crippen molar-refractivity contribution in [2.24, 2.45) is 0 Å². The van der Waals surface area contributed by atoms with Crippen molar-refractivity contribution in [2.75, 3.05) is 39.9 Å². The topological polar surface area (TPSA) is 50.8 Å². The van der Waals surface area contributed by atoms with Crippen LogP contribution in [0.25, 0.3) is 0 Å². The van der Waals surface area contributed by atoms with Crippen LogP contribution in [-0.2, 0) is 14.3 Å². The van der Waals surface area contributed by atoms with Gasteiger partial charge in [0.05, 0.1) is 13.2 Å². The van der Waals surface area contributed by atoms with E-state index >= 15 is 0 Å². The molecule has 1 aliphatic rings. The number of methoxy groups -OCH3 is 1. The number of hydrogen-bond acceptors (Lipinski definition) is 5. The van der Waals surface area contributed by atoms with Gasteiger partial charge in [-0.05, 0) is 26.3 Å². The van der Waals surface area contributed by atoms with Gasteiger partial charge >= 0.3 is 5.97 Å². The summed E-state index contributed by atoms with van der Waals surface area (Å²) in [6.45, 7) is 8.29. The SMILES string of the molecule is CCNC(CN1CCC(OCC)CC1)C(=O)OC. The van der Waals surface area contributed by atoms with Crippen molar-refractivity contribution in [3.63, 3.8) is 0 Å². The van der Waals surface area contributed by atoms with E-state index in [1.165, 1.54) is 7.11 Å². The van der Waals surface area contributed by atoms with E-state index in [0.717, 1.165) is 45.6 Å². The van der Waals surface area contributed by atoms with Gasteiger partial charge < -0.3 is 19.7 Å². The maximum absolute atomic E-state index is 11.6. The van der Waals surface area contributed by atoms with Gasteiger partial charge in [0.25, 0.3) is 0 Å². The Labute approximate surface area is 110 Å². The molecular weight excluding hydrogens is 232 g/mol. The zero-order valence-corrected chi connectivity index (χ0v) is 11.8. The predicted octanol–water partition coefficient (Wildman–Crippen LogP) is 0.638. The van der Waals surface area contributed by atoms with E-state index in [4.69, 9.17) is 9.47 Å². The number of esters is 1. The molecule has 0 bridgehead atoms. The molecule has 5 heteroatoms. The summed E-state index contributed by atoms with van der Waals surface area (Å²) in [6, 6.07) is -0.219. The van der Waals surface area contributed by atoms with Gasteiger partial charge in [0.1, 0.15) is 6.04 Å². The number of nitrogens with zero attached hydrogens (tertiary/aromatic N) is 1. The molecule has 1 unspecified atom stereocenters. The number of piperidine rings is 1. The van der Waals surface area contributed by atoms with Crippen LogP contribution in [-0.4, -0.2) is 62.9 Å². The molecule has 0 aliphatic carbocycles. The summed E-state index contributed by atoms with van der Waals surface area (Å²) in [5, 5.41) is 3.17. The fourth-order valence-corrected chi connectivity index (χ4v) is 2.36. The van der Waals surface area contributed by atoms with Crippen molar-refractivity contribution in [1.82, 2.24) is 10.2 Å². The highest BCUT2D eigenvalue weighted by Crippen LogP contribution is 2.13. The summed E-state index contributed by atoms with van der Waals surface area (Å²) in [5.74, 6) is -0.177. The standard InChI is InChI=1S/C13H26N2O3/c1-4-14-12(13(16)17-3)10-15-8-6-11(7-9-15)18-5-2/h11-12,14H,4-10H2,1-3H3. The van der Waals surface area contributed by atoms with Gasteiger partial charge in [-0.2, -0.15) is 0 Å². The van der Waals surface area contributed by atoms with Crippen LogP contribution in [0.4, 0.5) is 0 Å². The molecule has 0 aromatic heterocycles. The predicted molar refractivity (Wildman–Crippen MR) is 70.6 cm³/mol. The number of ether oxygens (including phenoxy) is 2. The highest BCUT2D eigenvalue weighted by molar-refractivity contribution is 5.75. The molecule has 0 radical (unpaired) electrons. The fourth-order valence-electron chi connectivity index (χ4n) is 2.36. The molecule has 0 spiro atoms. The lowest BCUT2D eigenvalue weighted by atomic mass is 10.1. The third-order valence-electron chi connectivity index (χ3n) is 3.31. The first-order valence-electron chi connectivity index (χ1n) is 6.86. The van der Waals surface area contributed by atoms with Gasteiger partial charge in [-0.15, -0.1) is 0 Å². The van der Waals surface area contributed by atoms with Crippen LogP contribution in [0.5, 0.6) is 0 Å². The third-order valence-corrected chi connectivity index (χ3v) is 3.31. The van der Waals surface area contributed by atoms with Gasteiger partial charge in [-0.3, -0.25) is 4.79 Å². The monoisotopic (exact) mass is 258 g/mol. The van der Waals surface area contributed by atoms with Crippen LogP contribution in [0, 0.1) is 0 Å². The number of rotatable bonds is 7. The van der Waals surface area contributed by atoms with E-state index in [9.17, 15) is 4.79 Å². The average Bonchev–Trinajstić information content (AvgIpc) is 2.40.